The Hall–Kier alpha value is -3.62. The predicted molar refractivity (Wildman–Crippen MR) is 127 cm³/mol. The molecule has 1 aliphatic rings. The molecule has 2 heterocycles. The Balaban J connectivity index is 1.22. The monoisotopic (exact) mass is 450 g/mol. The van der Waals surface area contributed by atoms with Crippen molar-refractivity contribution < 1.29 is 14.0 Å². The molecule has 0 aliphatic heterocycles. The number of hydrogen-bond donors (Lipinski definition) is 3. The number of nitrogens with zero attached hydrogens (tertiary/aromatic N) is 3. The minimum absolute atomic E-state index is 0.0655. The maximum absolute atomic E-state index is 12.1. The molecule has 9 heteroatoms. The number of furan rings is 1. The summed E-state index contributed by atoms with van der Waals surface area (Å²) in [6.45, 7) is 0.545. The van der Waals surface area contributed by atoms with Crippen LogP contribution in [-0.4, -0.2) is 55.0 Å². The first kappa shape index (κ1) is 22.6. The fraction of sp³-hybridized carbons (Fsp3) is 0.417. The lowest BCUT2D eigenvalue weighted by Crippen LogP contribution is -2.40. The van der Waals surface area contributed by atoms with Gasteiger partial charge in [-0.05, 0) is 55.9 Å². The normalized spacial score (nSPS) is 18.0. The first-order valence-corrected chi connectivity index (χ1v) is 11.3. The Labute approximate surface area is 193 Å². The molecule has 0 atom stereocenters. The molecule has 33 heavy (non-hydrogen) atoms. The number of fused-ring (bicyclic) bond motifs is 1. The number of amides is 2. The number of anilines is 2. The Morgan fingerprint density at radius 1 is 1.03 bits per heavy atom. The van der Waals surface area contributed by atoms with Crippen molar-refractivity contribution in [2.75, 3.05) is 37.4 Å². The van der Waals surface area contributed by atoms with E-state index in [1.807, 2.05) is 43.3 Å². The minimum Gasteiger partial charge on any atom is -0.459 e. The minimum atomic E-state index is -0.393. The van der Waals surface area contributed by atoms with E-state index in [2.05, 4.69) is 16.0 Å². The zero-order chi connectivity index (χ0) is 23.2. The lowest BCUT2D eigenvalue weighted by molar-refractivity contribution is -0.120. The fourth-order valence-electron chi connectivity index (χ4n) is 4.13. The average molecular weight is 451 g/mol. The third kappa shape index (κ3) is 5.79. The molecule has 0 radical (unpaired) electrons. The molecule has 3 aromatic rings. The second-order valence-electron chi connectivity index (χ2n) is 8.61. The molecule has 1 fully saturated rings. The average Bonchev–Trinajstić information content (AvgIpc) is 3.37. The van der Waals surface area contributed by atoms with E-state index in [1.165, 1.54) is 6.26 Å². The van der Waals surface area contributed by atoms with Crippen LogP contribution in [0, 0.1) is 5.92 Å². The number of carbonyl (C=O) groups excluding carboxylic acids is 2. The molecule has 0 saturated heterocycles. The summed E-state index contributed by atoms with van der Waals surface area (Å²) < 4.78 is 5.01. The lowest BCUT2D eigenvalue weighted by Gasteiger charge is -2.29. The number of carbonyl (C=O) groups is 2. The number of para-hydroxylation sites is 1. The summed E-state index contributed by atoms with van der Waals surface area (Å²) >= 11 is 0. The van der Waals surface area contributed by atoms with Gasteiger partial charge in [-0.15, -0.1) is 0 Å². The highest BCUT2D eigenvalue weighted by molar-refractivity contribution is 5.94. The predicted octanol–water partition coefficient (Wildman–Crippen LogP) is 2.81. The van der Waals surface area contributed by atoms with Crippen molar-refractivity contribution in [2.24, 2.45) is 5.92 Å². The Morgan fingerprint density at radius 3 is 2.55 bits per heavy atom. The van der Waals surface area contributed by atoms with Gasteiger partial charge in [-0.2, -0.15) is 4.98 Å². The van der Waals surface area contributed by atoms with E-state index in [0.29, 0.717) is 24.5 Å². The SMILES string of the molecule is CN(C)c1nc(NC2CCC(CNC(=O)CNC(=O)c3ccco3)CC2)nc2ccccc12. The molecule has 2 aromatic heterocycles. The van der Waals surface area contributed by atoms with E-state index >= 15 is 0 Å². The molecule has 1 aliphatic carbocycles. The Bertz CT molecular complexity index is 1090. The van der Waals surface area contributed by atoms with E-state index in [9.17, 15) is 9.59 Å². The Kier molecular flexibility index (Phi) is 7.07. The van der Waals surface area contributed by atoms with Crippen molar-refractivity contribution in [1.29, 1.82) is 0 Å². The van der Waals surface area contributed by atoms with Crippen molar-refractivity contribution in [1.82, 2.24) is 20.6 Å². The van der Waals surface area contributed by atoms with Gasteiger partial charge in [0.05, 0.1) is 18.3 Å². The standard InChI is InChI=1S/C24H30N6O3/c1-30(2)22-18-6-3-4-7-19(18)28-24(29-22)27-17-11-9-16(10-12-17)14-25-21(31)15-26-23(32)20-8-5-13-33-20/h3-8,13,16-17H,9-12,14-15H2,1-2H3,(H,25,31)(H,26,32)(H,27,28,29). The van der Waals surface area contributed by atoms with Crippen LogP contribution >= 0.6 is 0 Å². The first-order valence-electron chi connectivity index (χ1n) is 11.3. The number of rotatable bonds is 8. The zero-order valence-electron chi connectivity index (χ0n) is 19.0. The highest BCUT2D eigenvalue weighted by Gasteiger charge is 2.23. The van der Waals surface area contributed by atoms with E-state index in [4.69, 9.17) is 14.4 Å². The van der Waals surface area contributed by atoms with Crippen LogP contribution in [0.1, 0.15) is 36.2 Å². The summed E-state index contributed by atoms with van der Waals surface area (Å²) in [5.74, 6) is 1.58. The van der Waals surface area contributed by atoms with Crippen molar-refractivity contribution in [3.05, 3.63) is 48.4 Å². The van der Waals surface area contributed by atoms with Crippen molar-refractivity contribution in [3.63, 3.8) is 0 Å². The topological polar surface area (TPSA) is 112 Å². The van der Waals surface area contributed by atoms with Crippen LogP contribution in [0.15, 0.2) is 47.1 Å². The highest BCUT2D eigenvalue weighted by atomic mass is 16.3. The summed E-state index contributed by atoms with van der Waals surface area (Å²) in [5, 5.41) is 10.0. The van der Waals surface area contributed by atoms with E-state index in [0.717, 1.165) is 42.4 Å². The quantitative estimate of drug-likeness (QED) is 0.484. The van der Waals surface area contributed by atoms with Crippen LogP contribution in [0.25, 0.3) is 10.9 Å². The summed E-state index contributed by atoms with van der Waals surface area (Å²) in [6.07, 6.45) is 5.41. The third-order valence-electron chi connectivity index (χ3n) is 5.93. The molecule has 3 N–H and O–H groups in total. The molecule has 2 amide bonds. The second-order valence-corrected chi connectivity index (χ2v) is 8.61. The number of aromatic nitrogens is 2. The highest BCUT2D eigenvalue weighted by Crippen LogP contribution is 2.28. The van der Waals surface area contributed by atoms with Gasteiger partial charge in [0.25, 0.3) is 5.91 Å². The van der Waals surface area contributed by atoms with Gasteiger partial charge in [-0.25, -0.2) is 4.98 Å². The van der Waals surface area contributed by atoms with E-state index in [-0.39, 0.29) is 18.2 Å². The molecule has 1 aromatic carbocycles. The summed E-state index contributed by atoms with van der Waals surface area (Å²) in [5.41, 5.74) is 0.925. The molecule has 4 rings (SSSR count). The van der Waals surface area contributed by atoms with Gasteiger partial charge < -0.3 is 25.3 Å². The smallest absolute Gasteiger partial charge is 0.287 e. The molecular formula is C24H30N6O3. The number of hydrogen-bond acceptors (Lipinski definition) is 7. The van der Waals surface area contributed by atoms with Crippen LogP contribution < -0.4 is 20.9 Å². The van der Waals surface area contributed by atoms with Crippen molar-refractivity contribution in [3.8, 4) is 0 Å². The summed E-state index contributed by atoms with van der Waals surface area (Å²) in [4.78, 5) is 35.3. The van der Waals surface area contributed by atoms with Gasteiger partial charge in [0, 0.05) is 32.1 Å². The molecule has 174 valence electrons. The molecule has 0 unspecified atom stereocenters. The van der Waals surface area contributed by atoms with E-state index < -0.39 is 5.91 Å². The van der Waals surface area contributed by atoms with Gasteiger partial charge in [0.15, 0.2) is 5.76 Å². The zero-order valence-corrected chi connectivity index (χ0v) is 19.0. The van der Waals surface area contributed by atoms with Crippen LogP contribution in [0.2, 0.25) is 0 Å². The van der Waals surface area contributed by atoms with Crippen molar-refractivity contribution >= 4 is 34.5 Å². The molecule has 1 saturated carbocycles. The van der Waals surface area contributed by atoms with Crippen LogP contribution in [-0.2, 0) is 4.79 Å². The molecular weight excluding hydrogens is 420 g/mol. The Morgan fingerprint density at radius 2 is 1.82 bits per heavy atom. The first-order chi connectivity index (χ1) is 16.0. The van der Waals surface area contributed by atoms with Gasteiger partial charge in [0.2, 0.25) is 11.9 Å². The fourth-order valence-corrected chi connectivity index (χ4v) is 4.13. The second kappa shape index (κ2) is 10.3. The maximum atomic E-state index is 12.1. The lowest BCUT2D eigenvalue weighted by atomic mass is 9.86. The van der Waals surface area contributed by atoms with E-state index in [1.54, 1.807) is 12.1 Å². The number of nitrogens with one attached hydrogen (secondary N) is 3. The van der Waals surface area contributed by atoms with Gasteiger partial charge in [-0.1, -0.05) is 12.1 Å². The summed E-state index contributed by atoms with van der Waals surface area (Å²) in [7, 11) is 3.97. The summed E-state index contributed by atoms with van der Waals surface area (Å²) in [6, 6.07) is 11.5. The molecule has 0 spiro atoms. The molecule has 0 bridgehead atoms. The van der Waals surface area contributed by atoms with Crippen LogP contribution in [0.3, 0.4) is 0 Å². The van der Waals surface area contributed by atoms with Crippen LogP contribution in [0.4, 0.5) is 11.8 Å². The largest absolute Gasteiger partial charge is 0.459 e. The van der Waals surface area contributed by atoms with Gasteiger partial charge >= 0.3 is 0 Å². The molecule has 9 nitrogen and oxygen atoms in total. The van der Waals surface area contributed by atoms with Gasteiger partial charge in [-0.3, -0.25) is 9.59 Å². The van der Waals surface area contributed by atoms with Gasteiger partial charge in [0.1, 0.15) is 5.82 Å². The van der Waals surface area contributed by atoms with Crippen molar-refractivity contribution in [2.45, 2.75) is 31.7 Å². The maximum Gasteiger partial charge on any atom is 0.287 e. The van der Waals surface area contributed by atoms with Crippen LogP contribution in [0.5, 0.6) is 0 Å². The number of benzene rings is 1. The third-order valence-corrected chi connectivity index (χ3v) is 5.93.